The van der Waals surface area contributed by atoms with Gasteiger partial charge in [0, 0.05) is 18.0 Å². The number of H-pyrrole nitrogens is 1. The number of nitrogens with one attached hydrogen (secondary N) is 1. The highest BCUT2D eigenvalue weighted by molar-refractivity contribution is 5.88. The lowest BCUT2D eigenvalue weighted by Gasteiger charge is -2.09. The molecule has 0 fully saturated rings. The quantitative estimate of drug-likeness (QED) is 0.512. The van der Waals surface area contributed by atoms with Crippen LogP contribution in [0.3, 0.4) is 0 Å². The van der Waals surface area contributed by atoms with Crippen molar-refractivity contribution in [3.05, 3.63) is 42.7 Å². The SMILES string of the molecule is Nc1nc(N)c2nc(-c3ncc[nH]3)c(-c3ccccc3)nc2n1. The Balaban J connectivity index is 2.08. The third kappa shape index (κ3) is 2.22. The molecule has 0 bridgehead atoms. The average Bonchev–Trinajstić information content (AvgIpc) is 3.09. The summed E-state index contributed by atoms with van der Waals surface area (Å²) >= 11 is 0. The zero-order valence-electron chi connectivity index (χ0n) is 11.9. The highest BCUT2D eigenvalue weighted by Gasteiger charge is 2.17. The van der Waals surface area contributed by atoms with E-state index in [0.29, 0.717) is 28.4 Å². The molecule has 112 valence electrons. The van der Waals surface area contributed by atoms with Gasteiger partial charge >= 0.3 is 0 Å². The van der Waals surface area contributed by atoms with Crippen molar-refractivity contribution in [1.82, 2.24) is 29.9 Å². The number of anilines is 2. The van der Waals surface area contributed by atoms with Crippen molar-refractivity contribution in [1.29, 1.82) is 0 Å². The second-order valence-corrected chi connectivity index (χ2v) is 4.86. The largest absolute Gasteiger partial charge is 0.382 e. The summed E-state index contributed by atoms with van der Waals surface area (Å²) in [6.07, 6.45) is 3.37. The third-order valence-electron chi connectivity index (χ3n) is 3.35. The lowest BCUT2D eigenvalue weighted by Crippen LogP contribution is -2.05. The van der Waals surface area contributed by atoms with Gasteiger partial charge in [0.1, 0.15) is 11.4 Å². The van der Waals surface area contributed by atoms with Gasteiger partial charge in [-0.25, -0.2) is 15.0 Å². The topological polar surface area (TPSA) is 132 Å². The number of aromatic amines is 1. The van der Waals surface area contributed by atoms with Crippen LogP contribution >= 0.6 is 0 Å². The predicted molar refractivity (Wildman–Crippen MR) is 87.0 cm³/mol. The first-order valence-electron chi connectivity index (χ1n) is 6.88. The minimum absolute atomic E-state index is 0.0639. The van der Waals surface area contributed by atoms with Gasteiger partial charge in [0.05, 0.1) is 0 Å². The molecule has 8 heteroatoms. The van der Waals surface area contributed by atoms with Gasteiger partial charge in [-0.15, -0.1) is 0 Å². The van der Waals surface area contributed by atoms with Gasteiger partial charge in [-0.05, 0) is 0 Å². The molecule has 0 aliphatic rings. The van der Waals surface area contributed by atoms with Crippen LogP contribution in [-0.4, -0.2) is 29.9 Å². The first-order valence-corrected chi connectivity index (χ1v) is 6.88. The van der Waals surface area contributed by atoms with Crippen molar-refractivity contribution in [3.8, 4) is 22.8 Å². The molecule has 0 amide bonds. The Morgan fingerprint density at radius 3 is 2.43 bits per heavy atom. The van der Waals surface area contributed by atoms with E-state index in [0.717, 1.165) is 5.56 Å². The van der Waals surface area contributed by atoms with E-state index < -0.39 is 0 Å². The van der Waals surface area contributed by atoms with Crippen LogP contribution in [0, 0.1) is 0 Å². The van der Waals surface area contributed by atoms with Crippen molar-refractivity contribution >= 4 is 22.9 Å². The number of nitrogens with two attached hydrogens (primary N) is 2. The van der Waals surface area contributed by atoms with Crippen LogP contribution < -0.4 is 11.5 Å². The van der Waals surface area contributed by atoms with E-state index in [4.69, 9.17) is 11.5 Å². The lowest BCUT2D eigenvalue weighted by atomic mass is 10.1. The fourth-order valence-electron chi connectivity index (χ4n) is 2.34. The molecule has 0 aliphatic carbocycles. The minimum atomic E-state index is 0.0639. The van der Waals surface area contributed by atoms with Gasteiger partial charge < -0.3 is 16.5 Å². The molecular weight excluding hydrogens is 292 g/mol. The number of rotatable bonds is 2. The molecule has 3 aromatic heterocycles. The number of imidazole rings is 1. The molecule has 0 spiro atoms. The van der Waals surface area contributed by atoms with E-state index in [9.17, 15) is 0 Å². The monoisotopic (exact) mass is 304 g/mol. The number of nitrogen functional groups attached to an aromatic ring is 2. The van der Waals surface area contributed by atoms with E-state index in [1.165, 1.54) is 0 Å². The van der Waals surface area contributed by atoms with Crippen LogP contribution in [0.1, 0.15) is 0 Å². The summed E-state index contributed by atoms with van der Waals surface area (Å²) < 4.78 is 0. The lowest BCUT2D eigenvalue weighted by molar-refractivity contribution is 1.15. The zero-order chi connectivity index (χ0) is 15.8. The van der Waals surface area contributed by atoms with Crippen molar-refractivity contribution in [2.45, 2.75) is 0 Å². The number of hydrogen-bond acceptors (Lipinski definition) is 7. The molecule has 0 aliphatic heterocycles. The highest BCUT2D eigenvalue weighted by Crippen LogP contribution is 2.29. The minimum Gasteiger partial charge on any atom is -0.382 e. The highest BCUT2D eigenvalue weighted by atomic mass is 15.1. The summed E-state index contributed by atoms with van der Waals surface area (Å²) in [5.74, 6) is 0.843. The number of fused-ring (bicyclic) bond motifs is 1. The summed E-state index contributed by atoms with van der Waals surface area (Å²) in [7, 11) is 0. The van der Waals surface area contributed by atoms with Crippen LogP contribution in [0.15, 0.2) is 42.7 Å². The maximum atomic E-state index is 5.90. The second kappa shape index (κ2) is 5.02. The van der Waals surface area contributed by atoms with E-state index >= 15 is 0 Å². The van der Waals surface area contributed by atoms with Crippen molar-refractivity contribution in [2.24, 2.45) is 0 Å². The Morgan fingerprint density at radius 2 is 1.70 bits per heavy atom. The molecule has 1 aromatic carbocycles. The first-order chi connectivity index (χ1) is 11.2. The smallest absolute Gasteiger partial charge is 0.224 e. The molecule has 0 radical (unpaired) electrons. The molecular formula is C15H12N8. The average molecular weight is 304 g/mol. The number of benzene rings is 1. The van der Waals surface area contributed by atoms with Gasteiger partial charge in [0.15, 0.2) is 22.8 Å². The maximum absolute atomic E-state index is 5.90. The third-order valence-corrected chi connectivity index (χ3v) is 3.35. The van der Waals surface area contributed by atoms with Gasteiger partial charge in [-0.1, -0.05) is 30.3 Å². The summed E-state index contributed by atoms with van der Waals surface area (Å²) in [4.78, 5) is 24.5. The fourth-order valence-corrected chi connectivity index (χ4v) is 2.34. The number of hydrogen-bond donors (Lipinski definition) is 3. The van der Waals surface area contributed by atoms with Crippen LogP contribution in [0.5, 0.6) is 0 Å². The molecule has 0 atom stereocenters. The molecule has 0 saturated heterocycles. The standard InChI is InChI=1S/C15H12N8/c16-12-11-14(23-15(17)22-12)21-9(8-4-2-1-3-5-8)10(20-11)13-18-6-7-19-13/h1-7H,(H,18,19)(H4,16,17,21,22,23). The molecule has 3 heterocycles. The van der Waals surface area contributed by atoms with Crippen molar-refractivity contribution in [2.75, 3.05) is 11.5 Å². The Morgan fingerprint density at radius 1 is 0.870 bits per heavy atom. The number of aromatic nitrogens is 6. The Labute approximate surface area is 130 Å². The summed E-state index contributed by atoms with van der Waals surface area (Å²) in [6.45, 7) is 0. The number of nitrogens with zero attached hydrogens (tertiary/aromatic N) is 5. The fraction of sp³-hybridized carbons (Fsp3) is 0. The van der Waals surface area contributed by atoms with Gasteiger partial charge in [0.25, 0.3) is 0 Å². The summed E-state index contributed by atoms with van der Waals surface area (Å²) in [5.41, 5.74) is 14.4. The normalized spacial score (nSPS) is 11.0. The maximum Gasteiger partial charge on any atom is 0.224 e. The molecule has 0 saturated carbocycles. The molecule has 0 unspecified atom stereocenters. The van der Waals surface area contributed by atoms with E-state index in [-0.39, 0.29) is 11.8 Å². The second-order valence-electron chi connectivity index (χ2n) is 4.86. The van der Waals surface area contributed by atoms with E-state index in [1.54, 1.807) is 12.4 Å². The van der Waals surface area contributed by atoms with E-state index in [1.807, 2.05) is 30.3 Å². The van der Waals surface area contributed by atoms with Crippen LogP contribution in [0.2, 0.25) is 0 Å². The van der Waals surface area contributed by atoms with E-state index in [2.05, 4.69) is 29.9 Å². The molecule has 4 aromatic rings. The van der Waals surface area contributed by atoms with Crippen molar-refractivity contribution < 1.29 is 0 Å². The Hall–Kier alpha value is -3.55. The Bertz CT molecular complexity index is 979. The van der Waals surface area contributed by atoms with Crippen LogP contribution in [-0.2, 0) is 0 Å². The van der Waals surface area contributed by atoms with Gasteiger partial charge in [0.2, 0.25) is 5.95 Å². The predicted octanol–water partition coefficient (Wildman–Crippen LogP) is 1.64. The summed E-state index contributed by atoms with van der Waals surface area (Å²) in [5, 5.41) is 0. The summed E-state index contributed by atoms with van der Waals surface area (Å²) in [6, 6.07) is 9.67. The molecule has 23 heavy (non-hydrogen) atoms. The van der Waals surface area contributed by atoms with Crippen LogP contribution in [0.25, 0.3) is 33.9 Å². The Kier molecular flexibility index (Phi) is 2.87. The van der Waals surface area contributed by atoms with Gasteiger partial charge in [-0.2, -0.15) is 9.97 Å². The first kappa shape index (κ1) is 13.1. The van der Waals surface area contributed by atoms with Crippen molar-refractivity contribution in [3.63, 3.8) is 0 Å². The van der Waals surface area contributed by atoms with Crippen LogP contribution in [0.4, 0.5) is 11.8 Å². The molecule has 5 N–H and O–H groups in total. The zero-order valence-corrected chi connectivity index (χ0v) is 11.9. The molecule has 4 rings (SSSR count). The molecule has 8 nitrogen and oxygen atoms in total. The van der Waals surface area contributed by atoms with Gasteiger partial charge in [-0.3, -0.25) is 0 Å².